The van der Waals surface area contributed by atoms with Gasteiger partial charge in [0.15, 0.2) is 0 Å². The smallest absolute Gasteiger partial charge is 0.331 e. The Morgan fingerprint density at radius 3 is 2.20 bits per heavy atom. The van der Waals surface area contributed by atoms with E-state index in [1.807, 2.05) is 0 Å². The van der Waals surface area contributed by atoms with Crippen molar-refractivity contribution in [1.82, 2.24) is 4.90 Å². The SMILES string of the molecule is C=CCN(CC=C)C(=O)c1cccc(C(F)(F)F)c1F. The molecule has 0 N–H and O–H groups in total. The van der Waals surface area contributed by atoms with Crippen molar-refractivity contribution in [2.24, 2.45) is 0 Å². The number of nitrogens with zero attached hydrogens (tertiary/aromatic N) is 1. The maximum Gasteiger partial charge on any atom is 0.419 e. The van der Waals surface area contributed by atoms with Crippen LogP contribution in [0.2, 0.25) is 0 Å². The van der Waals surface area contributed by atoms with E-state index in [0.29, 0.717) is 6.07 Å². The molecule has 0 bridgehead atoms. The first kappa shape index (κ1) is 15.9. The van der Waals surface area contributed by atoms with Crippen LogP contribution < -0.4 is 0 Å². The number of alkyl halides is 3. The lowest BCUT2D eigenvalue weighted by Gasteiger charge is -2.20. The van der Waals surface area contributed by atoms with Crippen LogP contribution in [0.4, 0.5) is 17.6 Å². The number of hydrogen-bond donors (Lipinski definition) is 0. The van der Waals surface area contributed by atoms with E-state index in [1.54, 1.807) is 0 Å². The summed E-state index contributed by atoms with van der Waals surface area (Å²) in [6.07, 6.45) is -2.05. The second-order valence-corrected chi connectivity index (χ2v) is 3.95. The number of rotatable bonds is 5. The second kappa shape index (κ2) is 6.36. The monoisotopic (exact) mass is 287 g/mol. The summed E-state index contributed by atoms with van der Waals surface area (Å²) in [7, 11) is 0. The van der Waals surface area contributed by atoms with Crippen molar-refractivity contribution < 1.29 is 22.4 Å². The highest BCUT2D eigenvalue weighted by Gasteiger charge is 2.36. The maximum absolute atomic E-state index is 13.8. The third-order valence-corrected chi connectivity index (χ3v) is 2.52. The van der Waals surface area contributed by atoms with Gasteiger partial charge in [-0.3, -0.25) is 4.79 Å². The van der Waals surface area contributed by atoms with Gasteiger partial charge in [-0.1, -0.05) is 18.2 Å². The van der Waals surface area contributed by atoms with Crippen LogP contribution in [-0.2, 0) is 6.18 Å². The fraction of sp³-hybridized carbons (Fsp3) is 0.214. The molecule has 1 aromatic rings. The van der Waals surface area contributed by atoms with E-state index in [0.717, 1.165) is 17.0 Å². The minimum absolute atomic E-state index is 0.0839. The van der Waals surface area contributed by atoms with Gasteiger partial charge in [-0.2, -0.15) is 13.2 Å². The summed E-state index contributed by atoms with van der Waals surface area (Å²) in [6.45, 7) is 7.04. The van der Waals surface area contributed by atoms with Crippen molar-refractivity contribution in [1.29, 1.82) is 0 Å². The van der Waals surface area contributed by atoms with Crippen LogP contribution in [0.15, 0.2) is 43.5 Å². The molecule has 0 aromatic heterocycles. The van der Waals surface area contributed by atoms with Crippen molar-refractivity contribution >= 4 is 5.91 Å². The summed E-state index contributed by atoms with van der Waals surface area (Å²) in [5, 5.41) is 0. The Labute approximate surface area is 114 Å². The van der Waals surface area contributed by atoms with Gasteiger partial charge in [0, 0.05) is 13.1 Å². The van der Waals surface area contributed by atoms with Crippen LogP contribution in [0, 0.1) is 5.82 Å². The molecule has 6 heteroatoms. The molecule has 0 atom stereocenters. The summed E-state index contributed by atoms with van der Waals surface area (Å²) >= 11 is 0. The standard InChI is InChI=1S/C14H13F4NO/c1-3-8-19(9-4-2)13(20)10-6-5-7-11(12(10)15)14(16,17)18/h3-7H,1-2,8-9H2. The van der Waals surface area contributed by atoms with Crippen LogP contribution >= 0.6 is 0 Å². The van der Waals surface area contributed by atoms with E-state index >= 15 is 0 Å². The molecule has 108 valence electrons. The fourth-order valence-electron chi connectivity index (χ4n) is 1.64. The van der Waals surface area contributed by atoms with Gasteiger partial charge in [0.2, 0.25) is 0 Å². The topological polar surface area (TPSA) is 20.3 Å². The van der Waals surface area contributed by atoms with E-state index in [9.17, 15) is 22.4 Å². The number of carbonyl (C=O) groups excluding carboxylic acids is 1. The molecule has 1 rings (SSSR count). The van der Waals surface area contributed by atoms with Crippen molar-refractivity contribution in [3.63, 3.8) is 0 Å². The Hall–Kier alpha value is -2.11. The molecule has 0 spiro atoms. The molecule has 0 heterocycles. The first-order valence-corrected chi connectivity index (χ1v) is 5.69. The highest BCUT2D eigenvalue weighted by atomic mass is 19.4. The average molecular weight is 287 g/mol. The molecule has 0 aliphatic carbocycles. The van der Waals surface area contributed by atoms with Crippen molar-refractivity contribution in [3.8, 4) is 0 Å². The predicted octanol–water partition coefficient (Wildman–Crippen LogP) is 3.66. The third kappa shape index (κ3) is 3.46. The van der Waals surface area contributed by atoms with E-state index in [4.69, 9.17) is 0 Å². The molecule has 20 heavy (non-hydrogen) atoms. The van der Waals surface area contributed by atoms with Crippen LogP contribution in [0.1, 0.15) is 15.9 Å². The molecule has 0 radical (unpaired) electrons. The van der Waals surface area contributed by atoms with Crippen molar-refractivity contribution in [3.05, 3.63) is 60.5 Å². The zero-order chi connectivity index (χ0) is 15.3. The zero-order valence-corrected chi connectivity index (χ0v) is 10.6. The number of benzene rings is 1. The van der Waals surface area contributed by atoms with Gasteiger partial charge < -0.3 is 4.90 Å². The highest BCUT2D eigenvalue weighted by molar-refractivity contribution is 5.95. The predicted molar refractivity (Wildman–Crippen MR) is 67.7 cm³/mol. The van der Waals surface area contributed by atoms with Gasteiger partial charge in [-0.15, -0.1) is 13.2 Å². The molecule has 0 saturated heterocycles. The second-order valence-electron chi connectivity index (χ2n) is 3.95. The van der Waals surface area contributed by atoms with Gasteiger partial charge in [0.25, 0.3) is 5.91 Å². The number of carbonyl (C=O) groups is 1. The first-order valence-electron chi connectivity index (χ1n) is 5.69. The van der Waals surface area contributed by atoms with Gasteiger partial charge in [-0.05, 0) is 12.1 Å². The van der Waals surface area contributed by atoms with Crippen LogP contribution in [-0.4, -0.2) is 23.9 Å². The Morgan fingerprint density at radius 2 is 1.75 bits per heavy atom. The molecular formula is C14H13F4NO. The van der Waals surface area contributed by atoms with E-state index < -0.39 is 29.0 Å². The Balaban J connectivity index is 3.22. The average Bonchev–Trinajstić information content (AvgIpc) is 2.36. The number of amides is 1. The highest BCUT2D eigenvalue weighted by Crippen LogP contribution is 2.32. The van der Waals surface area contributed by atoms with Crippen LogP contribution in [0.3, 0.4) is 0 Å². The maximum atomic E-state index is 13.8. The third-order valence-electron chi connectivity index (χ3n) is 2.52. The lowest BCUT2D eigenvalue weighted by Crippen LogP contribution is -2.32. The van der Waals surface area contributed by atoms with Gasteiger partial charge in [-0.25, -0.2) is 4.39 Å². The molecule has 1 aromatic carbocycles. The van der Waals surface area contributed by atoms with Crippen molar-refractivity contribution in [2.45, 2.75) is 6.18 Å². The van der Waals surface area contributed by atoms with Crippen LogP contribution in [0.25, 0.3) is 0 Å². The lowest BCUT2D eigenvalue weighted by molar-refractivity contribution is -0.140. The molecule has 1 amide bonds. The van der Waals surface area contributed by atoms with Gasteiger partial charge in [0.05, 0.1) is 11.1 Å². The minimum atomic E-state index is -4.85. The first-order chi connectivity index (χ1) is 9.32. The molecule has 0 aliphatic rings. The Bertz CT molecular complexity index is 512. The molecule has 0 saturated carbocycles. The zero-order valence-electron chi connectivity index (χ0n) is 10.6. The Morgan fingerprint density at radius 1 is 1.20 bits per heavy atom. The van der Waals surface area contributed by atoms with Gasteiger partial charge in [0.1, 0.15) is 5.82 Å². The summed E-state index contributed by atoms with van der Waals surface area (Å²) < 4.78 is 51.6. The van der Waals surface area contributed by atoms with Crippen LogP contribution in [0.5, 0.6) is 0 Å². The Kier molecular flexibility index (Phi) is 5.07. The molecule has 0 unspecified atom stereocenters. The largest absolute Gasteiger partial charge is 0.419 e. The van der Waals surface area contributed by atoms with Gasteiger partial charge >= 0.3 is 6.18 Å². The quantitative estimate of drug-likeness (QED) is 0.598. The molecule has 2 nitrogen and oxygen atoms in total. The van der Waals surface area contributed by atoms with Crippen molar-refractivity contribution in [2.75, 3.05) is 13.1 Å². The lowest BCUT2D eigenvalue weighted by atomic mass is 10.1. The normalized spacial score (nSPS) is 11.0. The summed E-state index contributed by atoms with van der Waals surface area (Å²) in [5.74, 6) is -2.41. The minimum Gasteiger partial charge on any atom is -0.331 e. The summed E-state index contributed by atoms with van der Waals surface area (Å²) in [5.41, 5.74) is -2.08. The van der Waals surface area contributed by atoms with E-state index in [1.165, 1.54) is 12.2 Å². The van der Waals surface area contributed by atoms with E-state index in [-0.39, 0.29) is 13.1 Å². The summed E-state index contributed by atoms with van der Waals surface area (Å²) in [4.78, 5) is 13.2. The van der Waals surface area contributed by atoms with E-state index in [2.05, 4.69) is 13.2 Å². The number of hydrogen-bond acceptors (Lipinski definition) is 1. The molecule has 0 fully saturated rings. The number of halogens is 4. The molecule has 0 aliphatic heterocycles. The fourth-order valence-corrected chi connectivity index (χ4v) is 1.64. The summed E-state index contributed by atoms with van der Waals surface area (Å²) in [6, 6.07) is 2.61. The molecular weight excluding hydrogens is 274 g/mol.